The minimum Gasteiger partial charge on any atom is -0.481 e. The van der Waals surface area contributed by atoms with Gasteiger partial charge in [0.15, 0.2) is 0 Å². The number of carboxylic acids is 1. The van der Waals surface area contributed by atoms with Crippen LogP contribution in [0.25, 0.3) is 0 Å². The summed E-state index contributed by atoms with van der Waals surface area (Å²) < 4.78 is 38.7. The molecule has 0 unspecified atom stereocenters. The van der Waals surface area contributed by atoms with Gasteiger partial charge in [0.2, 0.25) is 0 Å². The van der Waals surface area contributed by atoms with Crippen LogP contribution in [0.15, 0.2) is 11.6 Å². The molecule has 2 rings (SSSR count). The number of likely N-dealkylation sites (tertiary alicyclic amines) is 1. The number of hydrogen-bond acceptors (Lipinski definition) is 2. The first-order valence-corrected chi connectivity index (χ1v) is 8.29. The van der Waals surface area contributed by atoms with Crippen LogP contribution in [0.2, 0.25) is 0 Å². The molecule has 0 aromatic carbocycles. The molecule has 5 nitrogen and oxygen atoms in total. The zero-order chi connectivity index (χ0) is 17.7. The number of urea groups is 1. The van der Waals surface area contributed by atoms with Gasteiger partial charge >= 0.3 is 18.2 Å². The Balaban J connectivity index is 1.84. The summed E-state index contributed by atoms with van der Waals surface area (Å²) in [7, 11) is 0. The number of aliphatic carboxylic acids is 1. The molecule has 0 radical (unpaired) electrons. The average molecular weight is 348 g/mol. The van der Waals surface area contributed by atoms with Gasteiger partial charge in [0.05, 0.1) is 11.8 Å². The van der Waals surface area contributed by atoms with Crippen LogP contribution in [0.4, 0.5) is 18.0 Å². The maximum absolute atomic E-state index is 12.9. The van der Waals surface area contributed by atoms with Gasteiger partial charge in [-0.15, -0.1) is 0 Å². The van der Waals surface area contributed by atoms with E-state index in [4.69, 9.17) is 5.11 Å². The molecule has 2 atom stereocenters. The van der Waals surface area contributed by atoms with E-state index in [9.17, 15) is 22.8 Å². The van der Waals surface area contributed by atoms with E-state index in [0.717, 1.165) is 24.2 Å². The maximum atomic E-state index is 12.9. The van der Waals surface area contributed by atoms with Gasteiger partial charge in [-0.05, 0) is 32.1 Å². The second-order valence-corrected chi connectivity index (χ2v) is 6.44. The lowest BCUT2D eigenvalue weighted by Gasteiger charge is -2.19. The molecule has 136 valence electrons. The van der Waals surface area contributed by atoms with Gasteiger partial charge in [-0.25, -0.2) is 4.79 Å². The van der Waals surface area contributed by atoms with E-state index in [2.05, 4.69) is 11.4 Å². The number of carboxylic acid groups (broad SMARTS) is 1. The zero-order valence-corrected chi connectivity index (χ0v) is 13.4. The Morgan fingerprint density at radius 2 is 2.00 bits per heavy atom. The average Bonchev–Trinajstić information content (AvgIpc) is 2.81. The normalized spacial score (nSPS) is 25.1. The first-order chi connectivity index (χ1) is 11.3. The van der Waals surface area contributed by atoms with Crippen molar-refractivity contribution < 1.29 is 27.9 Å². The van der Waals surface area contributed by atoms with Gasteiger partial charge < -0.3 is 15.3 Å². The molecule has 1 heterocycles. The van der Waals surface area contributed by atoms with E-state index < -0.39 is 43.1 Å². The second-order valence-electron chi connectivity index (χ2n) is 6.44. The van der Waals surface area contributed by atoms with Crippen LogP contribution in [0.1, 0.15) is 38.5 Å². The summed E-state index contributed by atoms with van der Waals surface area (Å²) in [5.41, 5.74) is 1.27. The number of nitrogens with one attached hydrogen (secondary N) is 1. The Hall–Kier alpha value is -1.73. The predicted octanol–water partition coefficient (Wildman–Crippen LogP) is 3.17. The number of amides is 2. The van der Waals surface area contributed by atoms with Gasteiger partial charge in [-0.1, -0.05) is 18.1 Å². The van der Waals surface area contributed by atoms with Crippen LogP contribution in [0, 0.1) is 11.8 Å². The van der Waals surface area contributed by atoms with Gasteiger partial charge in [0, 0.05) is 19.6 Å². The maximum Gasteiger partial charge on any atom is 0.394 e. The summed E-state index contributed by atoms with van der Waals surface area (Å²) in [4.78, 5) is 24.0. The summed E-state index contributed by atoms with van der Waals surface area (Å²) in [5, 5.41) is 11.6. The first-order valence-electron chi connectivity index (χ1n) is 8.29. The third-order valence-corrected chi connectivity index (χ3v) is 4.70. The lowest BCUT2D eigenvalue weighted by molar-refractivity contribution is -0.187. The molecule has 0 saturated carbocycles. The Morgan fingerprint density at radius 3 is 2.62 bits per heavy atom. The van der Waals surface area contributed by atoms with Gasteiger partial charge in [0.25, 0.3) is 0 Å². The Kier molecular flexibility index (Phi) is 6.12. The van der Waals surface area contributed by atoms with Gasteiger partial charge in [0.1, 0.15) is 0 Å². The van der Waals surface area contributed by atoms with Crippen LogP contribution in [0.5, 0.6) is 0 Å². The van der Waals surface area contributed by atoms with Crippen molar-refractivity contribution in [3.63, 3.8) is 0 Å². The van der Waals surface area contributed by atoms with Crippen molar-refractivity contribution in [1.29, 1.82) is 0 Å². The van der Waals surface area contributed by atoms with E-state index in [1.54, 1.807) is 0 Å². The van der Waals surface area contributed by atoms with Crippen molar-refractivity contribution in [2.75, 3.05) is 19.6 Å². The molecule has 8 heteroatoms. The number of alkyl halides is 3. The van der Waals surface area contributed by atoms with Crippen molar-refractivity contribution in [2.24, 2.45) is 11.8 Å². The summed E-state index contributed by atoms with van der Waals surface area (Å²) >= 11 is 0. The highest BCUT2D eigenvalue weighted by atomic mass is 19.4. The van der Waals surface area contributed by atoms with Crippen molar-refractivity contribution in [3.05, 3.63) is 11.6 Å². The highest BCUT2D eigenvalue weighted by Crippen LogP contribution is 2.37. The predicted molar refractivity (Wildman–Crippen MR) is 81.4 cm³/mol. The molecule has 0 aromatic rings. The fourth-order valence-electron chi connectivity index (χ4n) is 3.30. The molecule has 1 aliphatic carbocycles. The molecule has 24 heavy (non-hydrogen) atoms. The topological polar surface area (TPSA) is 69.6 Å². The van der Waals surface area contributed by atoms with E-state index in [0.29, 0.717) is 13.0 Å². The third kappa shape index (κ3) is 4.88. The quantitative estimate of drug-likeness (QED) is 0.767. The zero-order valence-electron chi connectivity index (χ0n) is 13.4. The van der Waals surface area contributed by atoms with Crippen molar-refractivity contribution in [1.82, 2.24) is 10.2 Å². The molecular formula is C16H23F3N2O3. The number of nitrogens with zero attached hydrogens (tertiary/aromatic N) is 1. The molecule has 0 bridgehead atoms. The first kappa shape index (κ1) is 18.6. The SMILES string of the molecule is O=C(O)[C@@H]1CN(C(=O)NCCC2=CCCCCC2)C[C@H]1C(F)(F)F. The van der Waals surface area contributed by atoms with Crippen LogP contribution in [-0.4, -0.2) is 47.8 Å². The Labute approximate surface area is 138 Å². The fourth-order valence-corrected chi connectivity index (χ4v) is 3.30. The summed E-state index contributed by atoms with van der Waals surface area (Å²) in [5.74, 6) is -5.12. The van der Waals surface area contributed by atoms with E-state index in [1.165, 1.54) is 18.4 Å². The molecule has 1 saturated heterocycles. The highest BCUT2D eigenvalue weighted by molar-refractivity contribution is 5.77. The molecule has 1 fully saturated rings. The number of carbonyl (C=O) groups is 2. The van der Waals surface area contributed by atoms with E-state index in [1.807, 2.05) is 0 Å². The van der Waals surface area contributed by atoms with Gasteiger partial charge in [-0.3, -0.25) is 4.79 Å². The fraction of sp³-hybridized carbons (Fsp3) is 0.750. The van der Waals surface area contributed by atoms with E-state index in [-0.39, 0.29) is 0 Å². The lowest BCUT2D eigenvalue weighted by Crippen LogP contribution is -2.40. The highest BCUT2D eigenvalue weighted by Gasteiger charge is 2.53. The van der Waals surface area contributed by atoms with Crippen LogP contribution >= 0.6 is 0 Å². The molecule has 0 aromatic heterocycles. The number of carbonyl (C=O) groups excluding carboxylic acids is 1. The standard InChI is InChI=1S/C16H23F3N2O3/c17-16(18,19)13-10-21(9-12(13)14(22)23)15(24)20-8-7-11-5-3-1-2-4-6-11/h5,12-13H,1-4,6-10H2,(H,20,24)(H,22,23)/t12-,13-/m1/s1. The van der Waals surface area contributed by atoms with E-state index >= 15 is 0 Å². The van der Waals surface area contributed by atoms with Crippen LogP contribution < -0.4 is 5.32 Å². The monoisotopic (exact) mass is 348 g/mol. The second kappa shape index (κ2) is 7.90. The minimum absolute atomic E-state index is 0.357. The Bertz CT molecular complexity index is 505. The molecule has 0 spiro atoms. The minimum atomic E-state index is -4.62. The molecule has 2 N–H and O–H groups in total. The third-order valence-electron chi connectivity index (χ3n) is 4.70. The van der Waals surface area contributed by atoms with Crippen molar-refractivity contribution in [3.8, 4) is 0 Å². The summed E-state index contributed by atoms with van der Waals surface area (Å²) in [6.45, 7) is -0.654. The molecule has 2 aliphatic rings. The molecular weight excluding hydrogens is 325 g/mol. The van der Waals surface area contributed by atoms with Crippen LogP contribution in [-0.2, 0) is 4.79 Å². The summed E-state index contributed by atoms with van der Waals surface area (Å²) in [6.07, 6.45) is 3.75. The lowest BCUT2D eigenvalue weighted by atomic mass is 9.96. The Morgan fingerprint density at radius 1 is 1.25 bits per heavy atom. The number of halogens is 3. The molecule has 2 amide bonds. The number of hydrogen-bond donors (Lipinski definition) is 2. The van der Waals surface area contributed by atoms with Crippen LogP contribution in [0.3, 0.4) is 0 Å². The van der Waals surface area contributed by atoms with Crippen molar-refractivity contribution in [2.45, 2.75) is 44.7 Å². The summed E-state index contributed by atoms with van der Waals surface area (Å²) in [6, 6.07) is -0.623. The van der Waals surface area contributed by atoms with Gasteiger partial charge in [-0.2, -0.15) is 13.2 Å². The largest absolute Gasteiger partial charge is 0.481 e. The number of allylic oxidation sites excluding steroid dienone is 1. The smallest absolute Gasteiger partial charge is 0.394 e. The number of rotatable bonds is 4. The molecule has 1 aliphatic heterocycles. The van der Waals surface area contributed by atoms with Crippen molar-refractivity contribution >= 4 is 12.0 Å².